The van der Waals surface area contributed by atoms with E-state index in [9.17, 15) is 9.59 Å². The van der Waals surface area contributed by atoms with Crippen LogP contribution in [0.4, 0.5) is 0 Å². The molecule has 0 spiro atoms. The van der Waals surface area contributed by atoms with Crippen LogP contribution in [-0.4, -0.2) is 53.7 Å². The molecule has 3 atom stereocenters. The van der Waals surface area contributed by atoms with Gasteiger partial charge >= 0.3 is 5.97 Å². The third-order valence-electron chi connectivity index (χ3n) is 3.08. The summed E-state index contributed by atoms with van der Waals surface area (Å²) in [4.78, 5) is 24.4. The van der Waals surface area contributed by atoms with Gasteiger partial charge < -0.3 is 20.5 Å². The Hall–Kier alpha value is -1.14. The third kappa shape index (κ3) is 3.17. The van der Waals surface area contributed by atoms with E-state index in [2.05, 4.69) is 0 Å². The first kappa shape index (κ1) is 13.9. The lowest BCUT2D eigenvalue weighted by molar-refractivity contribution is -0.148. The minimum absolute atomic E-state index is 0.214. The van der Waals surface area contributed by atoms with Crippen LogP contribution >= 0.6 is 0 Å². The molecule has 17 heavy (non-hydrogen) atoms. The van der Waals surface area contributed by atoms with E-state index < -0.39 is 18.1 Å². The van der Waals surface area contributed by atoms with Gasteiger partial charge in [0, 0.05) is 20.1 Å². The van der Waals surface area contributed by atoms with Crippen molar-refractivity contribution in [1.82, 2.24) is 4.90 Å². The first-order chi connectivity index (χ1) is 8.01. The highest BCUT2D eigenvalue weighted by Gasteiger charge is 2.40. The average molecular weight is 244 g/mol. The van der Waals surface area contributed by atoms with Gasteiger partial charge in [0.25, 0.3) is 0 Å². The van der Waals surface area contributed by atoms with Crippen LogP contribution in [0.5, 0.6) is 0 Å². The molecule has 1 fully saturated rings. The summed E-state index contributed by atoms with van der Waals surface area (Å²) in [5.74, 6) is -1.29. The summed E-state index contributed by atoms with van der Waals surface area (Å²) in [6.45, 7) is 2.24. The molecular formula is C11H20N2O4. The third-order valence-corrected chi connectivity index (χ3v) is 3.08. The smallest absolute Gasteiger partial charge is 0.326 e. The Balaban J connectivity index is 2.72. The van der Waals surface area contributed by atoms with Gasteiger partial charge in [-0.25, -0.2) is 4.79 Å². The molecule has 0 radical (unpaired) electrons. The SMILES string of the molecule is CCC[C@@H](N)C(=O)N1CC(OC)CC1C(=O)O. The van der Waals surface area contributed by atoms with Gasteiger partial charge in [0.1, 0.15) is 6.04 Å². The number of aliphatic carboxylic acids is 1. The lowest BCUT2D eigenvalue weighted by Crippen LogP contribution is -2.48. The fourth-order valence-corrected chi connectivity index (χ4v) is 2.09. The molecule has 6 nitrogen and oxygen atoms in total. The number of rotatable bonds is 5. The highest BCUT2D eigenvalue weighted by atomic mass is 16.5. The normalized spacial score (nSPS) is 25.9. The van der Waals surface area contributed by atoms with Crippen molar-refractivity contribution in [3.63, 3.8) is 0 Å². The molecule has 1 rings (SSSR count). The molecule has 3 N–H and O–H groups in total. The van der Waals surface area contributed by atoms with Crippen LogP contribution in [0.2, 0.25) is 0 Å². The lowest BCUT2D eigenvalue weighted by atomic mass is 10.1. The number of carbonyl (C=O) groups is 2. The first-order valence-corrected chi connectivity index (χ1v) is 5.82. The number of amides is 1. The zero-order valence-electron chi connectivity index (χ0n) is 10.3. The summed E-state index contributed by atoms with van der Waals surface area (Å²) in [5, 5.41) is 9.07. The highest BCUT2D eigenvalue weighted by Crippen LogP contribution is 2.21. The quantitative estimate of drug-likeness (QED) is 0.699. The van der Waals surface area contributed by atoms with Crippen LogP contribution in [0.1, 0.15) is 26.2 Å². The number of hydrogen-bond acceptors (Lipinski definition) is 4. The van der Waals surface area contributed by atoms with Crippen LogP contribution in [0.25, 0.3) is 0 Å². The number of nitrogens with zero attached hydrogens (tertiary/aromatic N) is 1. The van der Waals surface area contributed by atoms with Gasteiger partial charge in [-0.15, -0.1) is 0 Å². The zero-order valence-corrected chi connectivity index (χ0v) is 10.3. The predicted octanol–water partition coefficient (Wildman–Crippen LogP) is -0.186. The second kappa shape index (κ2) is 5.97. The molecule has 0 aromatic carbocycles. The number of carbonyl (C=O) groups excluding carboxylic acids is 1. The minimum Gasteiger partial charge on any atom is -0.480 e. The van der Waals surface area contributed by atoms with Crippen molar-refractivity contribution in [1.29, 1.82) is 0 Å². The monoisotopic (exact) mass is 244 g/mol. The van der Waals surface area contributed by atoms with E-state index in [1.807, 2.05) is 6.92 Å². The van der Waals surface area contributed by atoms with Crippen molar-refractivity contribution < 1.29 is 19.4 Å². The molecule has 0 aromatic rings. The van der Waals surface area contributed by atoms with Crippen molar-refractivity contribution >= 4 is 11.9 Å². The van der Waals surface area contributed by atoms with Crippen LogP contribution in [0.3, 0.4) is 0 Å². The van der Waals surface area contributed by atoms with E-state index in [-0.39, 0.29) is 12.0 Å². The number of carboxylic acids is 1. The maximum Gasteiger partial charge on any atom is 0.326 e. The molecular weight excluding hydrogens is 224 g/mol. The maximum atomic E-state index is 12.0. The number of likely N-dealkylation sites (tertiary alicyclic amines) is 1. The molecule has 1 aliphatic heterocycles. The van der Waals surface area contributed by atoms with Crippen molar-refractivity contribution in [2.45, 2.75) is 44.4 Å². The first-order valence-electron chi connectivity index (χ1n) is 5.82. The molecule has 0 bridgehead atoms. The maximum absolute atomic E-state index is 12.0. The van der Waals surface area contributed by atoms with E-state index in [1.54, 1.807) is 0 Å². The number of hydrogen-bond donors (Lipinski definition) is 2. The number of carboxylic acid groups (broad SMARTS) is 1. The van der Waals surface area contributed by atoms with E-state index in [0.717, 1.165) is 6.42 Å². The second-order valence-electron chi connectivity index (χ2n) is 4.33. The minimum atomic E-state index is -0.999. The molecule has 6 heteroatoms. The van der Waals surface area contributed by atoms with Crippen LogP contribution in [0.15, 0.2) is 0 Å². The van der Waals surface area contributed by atoms with Gasteiger partial charge in [-0.1, -0.05) is 13.3 Å². The summed E-state index contributed by atoms with van der Waals surface area (Å²) < 4.78 is 5.11. The lowest BCUT2D eigenvalue weighted by Gasteiger charge is -2.24. The van der Waals surface area contributed by atoms with Crippen molar-refractivity contribution in [3.05, 3.63) is 0 Å². The number of ether oxygens (including phenoxy) is 1. The van der Waals surface area contributed by atoms with Crippen LogP contribution in [-0.2, 0) is 14.3 Å². The van der Waals surface area contributed by atoms with Gasteiger partial charge in [-0.3, -0.25) is 4.79 Å². The molecule has 1 heterocycles. The summed E-state index contributed by atoms with van der Waals surface area (Å²) >= 11 is 0. The largest absolute Gasteiger partial charge is 0.480 e. The van der Waals surface area contributed by atoms with E-state index >= 15 is 0 Å². The molecule has 1 saturated heterocycles. The fourth-order valence-electron chi connectivity index (χ4n) is 2.09. The Morgan fingerprint density at radius 2 is 2.24 bits per heavy atom. The molecule has 1 aliphatic rings. The highest BCUT2D eigenvalue weighted by molar-refractivity contribution is 5.87. The van der Waals surface area contributed by atoms with Crippen molar-refractivity contribution in [3.8, 4) is 0 Å². The molecule has 1 amide bonds. The second-order valence-corrected chi connectivity index (χ2v) is 4.33. The fraction of sp³-hybridized carbons (Fsp3) is 0.818. The van der Waals surface area contributed by atoms with E-state index in [0.29, 0.717) is 19.4 Å². The van der Waals surface area contributed by atoms with Gasteiger partial charge in [0.15, 0.2) is 0 Å². The molecule has 98 valence electrons. The summed E-state index contributed by atoms with van der Waals surface area (Å²) in [6.07, 6.45) is 1.48. The van der Waals surface area contributed by atoms with Crippen molar-refractivity contribution in [2.75, 3.05) is 13.7 Å². The van der Waals surface area contributed by atoms with Crippen LogP contribution < -0.4 is 5.73 Å². The number of methoxy groups -OCH3 is 1. The average Bonchev–Trinajstić information content (AvgIpc) is 2.72. The van der Waals surface area contributed by atoms with Gasteiger partial charge in [0.2, 0.25) is 5.91 Å². The van der Waals surface area contributed by atoms with Gasteiger partial charge in [-0.05, 0) is 6.42 Å². The Morgan fingerprint density at radius 3 is 2.71 bits per heavy atom. The summed E-state index contributed by atoms with van der Waals surface area (Å²) in [6, 6.07) is -1.42. The van der Waals surface area contributed by atoms with E-state index in [1.165, 1.54) is 12.0 Å². The molecule has 0 aliphatic carbocycles. The molecule has 0 saturated carbocycles. The van der Waals surface area contributed by atoms with Gasteiger partial charge in [-0.2, -0.15) is 0 Å². The number of nitrogens with two attached hydrogens (primary N) is 1. The van der Waals surface area contributed by atoms with Crippen molar-refractivity contribution in [2.24, 2.45) is 5.73 Å². The van der Waals surface area contributed by atoms with Gasteiger partial charge in [0.05, 0.1) is 12.1 Å². The summed E-state index contributed by atoms with van der Waals surface area (Å²) in [5.41, 5.74) is 5.73. The molecule has 0 aromatic heterocycles. The zero-order chi connectivity index (χ0) is 13.0. The Kier molecular flexibility index (Phi) is 4.89. The molecule has 2 unspecified atom stereocenters. The Labute approximate surface area is 101 Å². The van der Waals surface area contributed by atoms with E-state index in [4.69, 9.17) is 15.6 Å². The predicted molar refractivity (Wildman–Crippen MR) is 61.4 cm³/mol. The van der Waals surface area contributed by atoms with Crippen LogP contribution in [0, 0.1) is 0 Å². The topological polar surface area (TPSA) is 92.9 Å². The summed E-state index contributed by atoms with van der Waals surface area (Å²) in [7, 11) is 1.52. The Bertz CT molecular complexity index is 295. The Morgan fingerprint density at radius 1 is 1.59 bits per heavy atom. The standard InChI is InChI=1S/C11H20N2O4/c1-3-4-8(12)10(14)13-6-7(17-2)5-9(13)11(15)16/h7-9H,3-6,12H2,1-2H3,(H,15,16)/t7?,8-,9?/m1/s1.